The van der Waals surface area contributed by atoms with Gasteiger partial charge in [-0.3, -0.25) is 0 Å². The number of hydrogen-bond acceptors (Lipinski definition) is 2. The molecule has 0 heterocycles. The summed E-state index contributed by atoms with van der Waals surface area (Å²) in [6.45, 7) is 11.8. The maximum Gasteiger partial charge on any atom is 0.122 e. The van der Waals surface area contributed by atoms with Crippen LogP contribution in [-0.4, -0.2) is 11.7 Å². The van der Waals surface area contributed by atoms with Crippen LogP contribution in [0.5, 0.6) is 11.5 Å². The van der Waals surface area contributed by atoms with Crippen LogP contribution in [0, 0.1) is 13.8 Å². The number of rotatable bonds is 14. The molecule has 2 aromatic rings. The predicted molar refractivity (Wildman–Crippen MR) is 133 cm³/mol. The van der Waals surface area contributed by atoms with Gasteiger partial charge in [0, 0.05) is 5.41 Å². The van der Waals surface area contributed by atoms with Crippen LogP contribution in [-0.2, 0) is 5.41 Å². The Morgan fingerprint density at radius 1 is 0.710 bits per heavy atom. The topological polar surface area (TPSA) is 29.5 Å². The van der Waals surface area contributed by atoms with Gasteiger partial charge in [0.1, 0.15) is 11.5 Å². The fourth-order valence-corrected chi connectivity index (χ4v) is 4.85. The summed E-state index contributed by atoms with van der Waals surface area (Å²) in [5, 5.41) is 10.1. The van der Waals surface area contributed by atoms with E-state index in [4.69, 9.17) is 4.74 Å². The minimum atomic E-state index is -0.0233. The van der Waals surface area contributed by atoms with E-state index in [9.17, 15) is 5.11 Å². The SMILES string of the molecule is CCCCCCCCOc1ccc(C(CCC)(CCC)c2ccc(O)c(C)c2)cc1C. The molecule has 0 unspecified atom stereocenters. The molecule has 0 amide bonds. The van der Waals surface area contributed by atoms with E-state index in [2.05, 4.69) is 58.0 Å². The molecule has 1 N–H and O–H groups in total. The summed E-state index contributed by atoms with van der Waals surface area (Å²) in [7, 11) is 0. The van der Waals surface area contributed by atoms with Gasteiger partial charge >= 0.3 is 0 Å². The van der Waals surface area contributed by atoms with Gasteiger partial charge in [-0.15, -0.1) is 0 Å². The Balaban J connectivity index is 2.21. The Kier molecular flexibility index (Phi) is 10.4. The maximum absolute atomic E-state index is 10.1. The molecular weight excluding hydrogens is 380 g/mol. The van der Waals surface area contributed by atoms with Crippen LogP contribution >= 0.6 is 0 Å². The van der Waals surface area contributed by atoms with Crippen molar-refractivity contribution in [3.63, 3.8) is 0 Å². The zero-order valence-electron chi connectivity index (χ0n) is 20.6. The first-order chi connectivity index (χ1) is 15.0. The van der Waals surface area contributed by atoms with Gasteiger partial charge in [-0.2, -0.15) is 0 Å². The minimum Gasteiger partial charge on any atom is -0.508 e. The standard InChI is InChI=1S/C29H44O2/c1-6-9-10-11-12-13-20-31-28-17-15-26(22-24(28)5)29(18-7-2,19-8-3)25-14-16-27(30)23(4)21-25/h14-17,21-22,30H,6-13,18-20H2,1-5H3. The van der Waals surface area contributed by atoms with Crippen molar-refractivity contribution in [1.82, 2.24) is 0 Å². The molecule has 172 valence electrons. The summed E-state index contributed by atoms with van der Waals surface area (Å²) in [5.41, 5.74) is 4.82. The van der Waals surface area contributed by atoms with Crippen molar-refractivity contribution in [3.05, 3.63) is 58.7 Å². The van der Waals surface area contributed by atoms with Crippen molar-refractivity contribution >= 4 is 0 Å². The largest absolute Gasteiger partial charge is 0.508 e. The van der Waals surface area contributed by atoms with Crippen molar-refractivity contribution in [2.24, 2.45) is 0 Å². The molecule has 0 atom stereocenters. The van der Waals surface area contributed by atoms with Crippen molar-refractivity contribution < 1.29 is 9.84 Å². The molecule has 2 nitrogen and oxygen atoms in total. The van der Waals surface area contributed by atoms with Gasteiger partial charge in [-0.05, 0) is 67.5 Å². The van der Waals surface area contributed by atoms with E-state index < -0.39 is 0 Å². The molecule has 0 radical (unpaired) electrons. The van der Waals surface area contributed by atoms with Gasteiger partial charge in [0.2, 0.25) is 0 Å². The summed E-state index contributed by atoms with van der Waals surface area (Å²) < 4.78 is 6.14. The van der Waals surface area contributed by atoms with E-state index in [0.717, 1.165) is 50.0 Å². The molecular formula is C29H44O2. The monoisotopic (exact) mass is 424 g/mol. The minimum absolute atomic E-state index is 0.0233. The molecule has 0 aromatic heterocycles. The lowest BCUT2D eigenvalue weighted by Gasteiger charge is -2.36. The zero-order chi connectivity index (χ0) is 22.7. The van der Waals surface area contributed by atoms with Crippen LogP contribution in [0.15, 0.2) is 36.4 Å². The Hall–Kier alpha value is -1.96. The third-order valence-corrected chi connectivity index (χ3v) is 6.59. The Bertz CT molecular complexity index is 787. The average Bonchev–Trinajstić information content (AvgIpc) is 2.75. The molecule has 0 saturated carbocycles. The lowest BCUT2D eigenvalue weighted by atomic mass is 9.68. The molecule has 0 aliphatic carbocycles. The average molecular weight is 425 g/mol. The normalized spacial score (nSPS) is 11.6. The van der Waals surface area contributed by atoms with Gasteiger partial charge in [-0.1, -0.05) is 90.0 Å². The molecule has 0 bridgehead atoms. The smallest absolute Gasteiger partial charge is 0.122 e. The quantitative estimate of drug-likeness (QED) is 0.307. The van der Waals surface area contributed by atoms with E-state index in [0.29, 0.717) is 5.75 Å². The predicted octanol–water partition coefficient (Wildman–Crippen LogP) is 8.63. The Morgan fingerprint density at radius 2 is 1.29 bits per heavy atom. The molecule has 2 aromatic carbocycles. The molecule has 0 aliphatic heterocycles. The van der Waals surface area contributed by atoms with E-state index >= 15 is 0 Å². The lowest BCUT2D eigenvalue weighted by Crippen LogP contribution is -2.28. The van der Waals surface area contributed by atoms with Crippen molar-refractivity contribution in [2.75, 3.05) is 6.61 Å². The lowest BCUT2D eigenvalue weighted by molar-refractivity contribution is 0.302. The molecule has 31 heavy (non-hydrogen) atoms. The summed E-state index contributed by atoms with van der Waals surface area (Å²) in [6, 6.07) is 12.9. The summed E-state index contributed by atoms with van der Waals surface area (Å²) in [5.74, 6) is 1.39. The Labute approximate surface area is 191 Å². The molecule has 2 heteroatoms. The van der Waals surface area contributed by atoms with E-state index in [1.165, 1.54) is 48.8 Å². The highest BCUT2D eigenvalue weighted by atomic mass is 16.5. The summed E-state index contributed by atoms with van der Waals surface area (Å²) >= 11 is 0. The highest BCUT2D eigenvalue weighted by molar-refractivity contribution is 5.48. The van der Waals surface area contributed by atoms with Gasteiger partial charge in [0.15, 0.2) is 0 Å². The van der Waals surface area contributed by atoms with Crippen LogP contribution in [0.2, 0.25) is 0 Å². The number of unbranched alkanes of at least 4 members (excludes halogenated alkanes) is 5. The molecule has 0 aliphatic rings. The van der Waals surface area contributed by atoms with Crippen LogP contribution in [0.1, 0.15) is 107 Å². The molecule has 2 rings (SSSR count). The number of hydrogen-bond donors (Lipinski definition) is 1. The van der Waals surface area contributed by atoms with Crippen LogP contribution < -0.4 is 4.74 Å². The second-order valence-corrected chi connectivity index (χ2v) is 9.18. The van der Waals surface area contributed by atoms with Crippen molar-refractivity contribution in [2.45, 2.75) is 104 Å². The number of benzene rings is 2. The summed E-state index contributed by atoms with van der Waals surface area (Å²) in [4.78, 5) is 0. The van der Waals surface area contributed by atoms with E-state index in [-0.39, 0.29) is 5.41 Å². The first-order valence-electron chi connectivity index (χ1n) is 12.5. The Morgan fingerprint density at radius 3 is 1.87 bits per heavy atom. The third-order valence-electron chi connectivity index (χ3n) is 6.59. The van der Waals surface area contributed by atoms with Crippen LogP contribution in [0.3, 0.4) is 0 Å². The third kappa shape index (κ3) is 6.76. The van der Waals surface area contributed by atoms with Gasteiger partial charge < -0.3 is 9.84 Å². The van der Waals surface area contributed by atoms with E-state index in [1.54, 1.807) is 0 Å². The highest BCUT2D eigenvalue weighted by Gasteiger charge is 2.33. The number of ether oxygens (including phenoxy) is 1. The highest BCUT2D eigenvalue weighted by Crippen LogP contribution is 2.43. The molecule has 0 spiro atoms. The molecule has 0 fully saturated rings. The maximum atomic E-state index is 10.1. The van der Waals surface area contributed by atoms with Gasteiger partial charge in [0.25, 0.3) is 0 Å². The number of phenolic OH excluding ortho intramolecular Hbond substituents is 1. The number of aromatic hydroxyl groups is 1. The first kappa shape index (κ1) is 25.3. The van der Waals surface area contributed by atoms with Crippen molar-refractivity contribution in [3.8, 4) is 11.5 Å². The van der Waals surface area contributed by atoms with Crippen LogP contribution in [0.25, 0.3) is 0 Å². The molecule has 0 saturated heterocycles. The van der Waals surface area contributed by atoms with Gasteiger partial charge in [-0.25, -0.2) is 0 Å². The zero-order valence-corrected chi connectivity index (χ0v) is 20.6. The second-order valence-electron chi connectivity index (χ2n) is 9.18. The second kappa shape index (κ2) is 12.8. The summed E-state index contributed by atoms with van der Waals surface area (Å²) in [6.07, 6.45) is 12.1. The first-order valence-corrected chi connectivity index (χ1v) is 12.5. The fourth-order valence-electron chi connectivity index (χ4n) is 4.85. The van der Waals surface area contributed by atoms with E-state index in [1.807, 2.05) is 13.0 Å². The number of phenols is 1. The number of aryl methyl sites for hydroxylation is 2. The van der Waals surface area contributed by atoms with Crippen LogP contribution in [0.4, 0.5) is 0 Å². The van der Waals surface area contributed by atoms with Gasteiger partial charge in [0.05, 0.1) is 6.61 Å². The van der Waals surface area contributed by atoms with Crippen molar-refractivity contribution in [1.29, 1.82) is 0 Å². The fraction of sp³-hybridized carbons (Fsp3) is 0.586.